The van der Waals surface area contributed by atoms with Gasteiger partial charge in [0.2, 0.25) is 0 Å². The SMILES string of the molecule is CC1=CC(C)=N/C(=C(/C=N)C(=O)Nc2ccc(C(C)(C)C)cc2)N1. The minimum Gasteiger partial charge on any atom is -0.343 e. The number of anilines is 1. The van der Waals surface area contributed by atoms with E-state index >= 15 is 0 Å². The van der Waals surface area contributed by atoms with Gasteiger partial charge in [0.25, 0.3) is 5.91 Å². The van der Waals surface area contributed by atoms with E-state index in [0.717, 1.165) is 17.6 Å². The maximum Gasteiger partial charge on any atom is 0.260 e. The summed E-state index contributed by atoms with van der Waals surface area (Å²) < 4.78 is 0. The summed E-state index contributed by atoms with van der Waals surface area (Å²) in [6.07, 6.45) is 2.91. The number of aliphatic imine (C=N–C) groups is 1. The molecule has 0 atom stereocenters. The van der Waals surface area contributed by atoms with Crippen LogP contribution in [-0.4, -0.2) is 17.8 Å². The van der Waals surface area contributed by atoms with Crippen molar-refractivity contribution in [2.75, 3.05) is 5.32 Å². The predicted octanol–water partition coefficient (Wildman–Crippen LogP) is 3.75. The van der Waals surface area contributed by atoms with Gasteiger partial charge in [0.15, 0.2) is 0 Å². The van der Waals surface area contributed by atoms with Gasteiger partial charge in [0.05, 0.1) is 5.57 Å². The van der Waals surface area contributed by atoms with Crippen molar-refractivity contribution in [1.82, 2.24) is 5.32 Å². The predicted molar refractivity (Wildman–Crippen MR) is 99.6 cm³/mol. The highest BCUT2D eigenvalue weighted by Gasteiger charge is 2.17. The Kier molecular flexibility index (Phi) is 5.02. The van der Waals surface area contributed by atoms with Crippen LogP contribution in [0.15, 0.2) is 52.4 Å². The molecule has 0 fully saturated rings. The van der Waals surface area contributed by atoms with Gasteiger partial charge in [0.1, 0.15) is 5.82 Å². The van der Waals surface area contributed by atoms with Gasteiger partial charge in [-0.3, -0.25) is 4.79 Å². The molecule has 24 heavy (non-hydrogen) atoms. The van der Waals surface area contributed by atoms with Gasteiger partial charge in [-0.05, 0) is 43.0 Å². The van der Waals surface area contributed by atoms with Crippen LogP contribution in [0.4, 0.5) is 5.69 Å². The second-order valence-corrected chi connectivity index (χ2v) is 6.89. The molecule has 0 saturated carbocycles. The van der Waals surface area contributed by atoms with Gasteiger partial charge in [-0.15, -0.1) is 0 Å². The fourth-order valence-electron chi connectivity index (χ4n) is 2.39. The number of carbonyl (C=O) groups is 1. The summed E-state index contributed by atoms with van der Waals surface area (Å²) in [6.45, 7) is 10.2. The Balaban J connectivity index is 2.22. The van der Waals surface area contributed by atoms with Crippen LogP contribution in [0, 0.1) is 5.41 Å². The first-order chi connectivity index (χ1) is 11.2. The number of amides is 1. The van der Waals surface area contributed by atoms with E-state index < -0.39 is 0 Å². The van der Waals surface area contributed by atoms with Gasteiger partial charge in [-0.2, -0.15) is 0 Å². The normalized spacial score (nSPS) is 16.5. The van der Waals surface area contributed by atoms with Gasteiger partial charge in [-0.25, -0.2) is 4.99 Å². The number of hydrogen-bond acceptors (Lipinski definition) is 4. The molecule has 5 heteroatoms. The fraction of sp³-hybridized carbons (Fsp3) is 0.316. The Morgan fingerprint density at radius 2 is 1.83 bits per heavy atom. The van der Waals surface area contributed by atoms with E-state index in [1.807, 2.05) is 44.2 Å². The Morgan fingerprint density at radius 3 is 2.33 bits per heavy atom. The number of hydrogen-bond donors (Lipinski definition) is 3. The molecular formula is C19H24N4O. The van der Waals surface area contributed by atoms with Crippen molar-refractivity contribution in [2.24, 2.45) is 4.99 Å². The first-order valence-corrected chi connectivity index (χ1v) is 7.88. The molecule has 0 bridgehead atoms. The summed E-state index contributed by atoms with van der Waals surface area (Å²) in [6, 6.07) is 7.75. The molecule has 1 amide bonds. The molecule has 0 unspecified atom stereocenters. The largest absolute Gasteiger partial charge is 0.343 e. The first-order valence-electron chi connectivity index (χ1n) is 7.88. The zero-order valence-electron chi connectivity index (χ0n) is 14.8. The fourth-order valence-corrected chi connectivity index (χ4v) is 2.39. The smallest absolute Gasteiger partial charge is 0.260 e. The lowest BCUT2D eigenvalue weighted by Gasteiger charge is -2.19. The lowest BCUT2D eigenvalue weighted by molar-refractivity contribution is -0.112. The van der Waals surface area contributed by atoms with Gasteiger partial charge >= 0.3 is 0 Å². The topological polar surface area (TPSA) is 77.3 Å². The lowest BCUT2D eigenvalue weighted by Crippen LogP contribution is -2.24. The molecule has 0 saturated heterocycles. The molecule has 5 nitrogen and oxygen atoms in total. The number of benzene rings is 1. The molecule has 0 aliphatic carbocycles. The van der Waals surface area contributed by atoms with Crippen LogP contribution < -0.4 is 10.6 Å². The van der Waals surface area contributed by atoms with Crippen molar-refractivity contribution in [3.8, 4) is 0 Å². The number of nitrogens with zero attached hydrogens (tertiary/aromatic N) is 1. The quantitative estimate of drug-likeness (QED) is 0.585. The van der Waals surface area contributed by atoms with Crippen molar-refractivity contribution < 1.29 is 4.79 Å². The van der Waals surface area contributed by atoms with Crippen molar-refractivity contribution in [1.29, 1.82) is 5.41 Å². The third-order valence-corrected chi connectivity index (χ3v) is 3.68. The van der Waals surface area contributed by atoms with Crippen LogP contribution in [0.1, 0.15) is 40.2 Å². The maximum atomic E-state index is 12.5. The molecule has 0 aromatic heterocycles. The van der Waals surface area contributed by atoms with Crippen molar-refractivity contribution >= 4 is 23.5 Å². The van der Waals surface area contributed by atoms with E-state index in [1.54, 1.807) is 0 Å². The van der Waals surface area contributed by atoms with Gasteiger partial charge in [-0.1, -0.05) is 32.9 Å². The standard InChI is InChI=1S/C19H24N4O/c1-12-10-13(2)22-17(21-12)16(11-20)18(24)23-15-8-6-14(7-9-15)19(3,4)5/h6-11,20-21H,1-5H3,(H,23,24)/b17-16-,20-11?. The van der Waals surface area contributed by atoms with E-state index in [-0.39, 0.29) is 16.9 Å². The summed E-state index contributed by atoms with van der Waals surface area (Å²) in [5, 5.41) is 13.4. The van der Waals surface area contributed by atoms with Gasteiger partial charge in [0, 0.05) is 23.3 Å². The lowest BCUT2D eigenvalue weighted by atomic mass is 9.87. The highest BCUT2D eigenvalue weighted by atomic mass is 16.1. The summed E-state index contributed by atoms with van der Waals surface area (Å²) in [5.41, 5.74) is 3.83. The summed E-state index contributed by atoms with van der Waals surface area (Å²) in [4.78, 5) is 16.8. The van der Waals surface area contributed by atoms with Crippen LogP contribution >= 0.6 is 0 Å². The average Bonchev–Trinajstić information content (AvgIpc) is 2.46. The first kappa shape index (κ1) is 17.7. The summed E-state index contributed by atoms with van der Waals surface area (Å²) >= 11 is 0. The van der Waals surface area contributed by atoms with E-state index in [2.05, 4.69) is 36.4 Å². The Morgan fingerprint density at radius 1 is 1.21 bits per heavy atom. The molecule has 1 aromatic rings. The Bertz CT molecular complexity index is 747. The van der Waals surface area contributed by atoms with Crippen LogP contribution in [0.5, 0.6) is 0 Å². The van der Waals surface area contributed by atoms with Crippen LogP contribution in [-0.2, 0) is 10.2 Å². The zero-order valence-corrected chi connectivity index (χ0v) is 14.8. The summed E-state index contributed by atoms with van der Waals surface area (Å²) in [7, 11) is 0. The second kappa shape index (κ2) is 6.83. The van der Waals surface area contributed by atoms with Crippen molar-refractivity contribution in [2.45, 2.75) is 40.0 Å². The van der Waals surface area contributed by atoms with E-state index in [1.165, 1.54) is 5.56 Å². The van der Waals surface area contributed by atoms with Crippen molar-refractivity contribution in [3.63, 3.8) is 0 Å². The molecule has 1 aromatic carbocycles. The highest BCUT2D eigenvalue weighted by Crippen LogP contribution is 2.23. The third kappa shape index (κ3) is 4.19. The maximum absolute atomic E-state index is 12.5. The average molecular weight is 324 g/mol. The third-order valence-electron chi connectivity index (χ3n) is 3.68. The molecule has 1 heterocycles. The van der Waals surface area contributed by atoms with E-state index in [4.69, 9.17) is 5.41 Å². The zero-order chi connectivity index (χ0) is 17.9. The molecule has 3 N–H and O–H groups in total. The molecule has 0 spiro atoms. The van der Waals surface area contributed by atoms with Crippen LogP contribution in [0.25, 0.3) is 0 Å². The number of rotatable bonds is 3. The molecule has 1 aliphatic heterocycles. The Hall–Kier alpha value is -2.69. The molecule has 1 aliphatic rings. The van der Waals surface area contributed by atoms with E-state index in [0.29, 0.717) is 11.5 Å². The Labute approximate surface area is 143 Å². The number of allylic oxidation sites excluding steroid dienone is 2. The highest BCUT2D eigenvalue weighted by molar-refractivity contribution is 6.18. The molecule has 2 rings (SSSR count). The number of nitrogens with one attached hydrogen (secondary N) is 3. The van der Waals surface area contributed by atoms with Crippen LogP contribution in [0.2, 0.25) is 0 Å². The number of carbonyl (C=O) groups excluding carboxylic acids is 1. The monoisotopic (exact) mass is 324 g/mol. The van der Waals surface area contributed by atoms with Gasteiger partial charge < -0.3 is 16.0 Å². The van der Waals surface area contributed by atoms with Crippen molar-refractivity contribution in [3.05, 3.63) is 53.0 Å². The van der Waals surface area contributed by atoms with E-state index in [9.17, 15) is 4.79 Å². The van der Waals surface area contributed by atoms with Crippen LogP contribution in [0.3, 0.4) is 0 Å². The molecule has 126 valence electrons. The molecule has 0 radical (unpaired) electrons. The summed E-state index contributed by atoms with van der Waals surface area (Å²) in [5.74, 6) is 0.0357. The molecular weight excluding hydrogens is 300 g/mol. The minimum atomic E-state index is -0.359. The minimum absolute atomic E-state index is 0.0623. The second-order valence-electron chi connectivity index (χ2n) is 6.89.